The van der Waals surface area contributed by atoms with Crippen LogP contribution in [0.4, 0.5) is 0 Å². The Morgan fingerprint density at radius 2 is 2.15 bits per heavy atom. The van der Waals surface area contributed by atoms with E-state index in [0.717, 1.165) is 10.9 Å². The van der Waals surface area contributed by atoms with Crippen LogP contribution in [0.2, 0.25) is 0 Å². The first-order valence-electron chi connectivity index (χ1n) is 6.45. The van der Waals surface area contributed by atoms with Gasteiger partial charge in [-0.1, -0.05) is 22.0 Å². The van der Waals surface area contributed by atoms with Crippen LogP contribution in [0.3, 0.4) is 0 Å². The topological polar surface area (TPSA) is 75.6 Å². The Morgan fingerprint density at radius 3 is 2.70 bits per heavy atom. The number of hydrogen-bond donors (Lipinski definition) is 2. The summed E-state index contributed by atoms with van der Waals surface area (Å²) in [6.07, 6.45) is 1.98. The predicted molar refractivity (Wildman–Crippen MR) is 76.6 cm³/mol. The molecule has 1 aliphatic carbocycles. The first-order chi connectivity index (χ1) is 9.52. The van der Waals surface area contributed by atoms with Gasteiger partial charge in [0.25, 0.3) is 0 Å². The molecule has 0 saturated heterocycles. The van der Waals surface area contributed by atoms with Crippen LogP contribution in [0.1, 0.15) is 25.7 Å². The van der Waals surface area contributed by atoms with Crippen LogP contribution in [-0.4, -0.2) is 29.1 Å². The fourth-order valence-electron chi connectivity index (χ4n) is 2.07. The van der Waals surface area contributed by atoms with Crippen LogP contribution in [0.25, 0.3) is 0 Å². The number of hydrogen-bond acceptors (Lipinski definition) is 3. The molecule has 0 spiro atoms. The van der Waals surface area contributed by atoms with Gasteiger partial charge < -0.3 is 15.2 Å². The van der Waals surface area contributed by atoms with Crippen LogP contribution < -0.4 is 10.1 Å². The Bertz CT molecular complexity index is 514. The lowest BCUT2D eigenvalue weighted by Gasteiger charge is -2.38. The highest BCUT2D eigenvalue weighted by molar-refractivity contribution is 9.10. The third kappa shape index (κ3) is 3.50. The first kappa shape index (κ1) is 14.8. The number of halogens is 1. The third-order valence-corrected chi connectivity index (χ3v) is 3.88. The lowest BCUT2D eigenvalue weighted by atomic mass is 9.76. The van der Waals surface area contributed by atoms with E-state index in [9.17, 15) is 9.59 Å². The summed E-state index contributed by atoms with van der Waals surface area (Å²) < 4.78 is 6.35. The second-order valence-electron chi connectivity index (χ2n) is 4.84. The van der Waals surface area contributed by atoms with Crippen molar-refractivity contribution in [3.8, 4) is 5.75 Å². The first-order valence-corrected chi connectivity index (χ1v) is 7.24. The van der Waals surface area contributed by atoms with E-state index in [-0.39, 0.29) is 18.9 Å². The number of amides is 1. The normalized spacial score (nSPS) is 16.1. The van der Waals surface area contributed by atoms with Crippen molar-refractivity contribution in [2.75, 3.05) is 6.61 Å². The highest BCUT2D eigenvalue weighted by Gasteiger charge is 2.45. The van der Waals surface area contributed by atoms with Gasteiger partial charge in [-0.05, 0) is 37.5 Å². The van der Waals surface area contributed by atoms with E-state index in [4.69, 9.17) is 9.84 Å². The predicted octanol–water partition coefficient (Wildman–Crippen LogP) is 2.34. The van der Waals surface area contributed by atoms with Crippen LogP contribution in [0, 0.1) is 0 Å². The zero-order valence-electron chi connectivity index (χ0n) is 10.9. The van der Waals surface area contributed by atoms with E-state index in [1.807, 2.05) is 18.2 Å². The quantitative estimate of drug-likeness (QED) is 0.832. The summed E-state index contributed by atoms with van der Waals surface area (Å²) in [6, 6.07) is 7.33. The number of benzene rings is 1. The number of rotatable bonds is 6. The highest BCUT2D eigenvalue weighted by atomic mass is 79.9. The second kappa shape index (κ2) is 6.26. The van der Waals surface area contributed by atoms with E-state index in [1.165, 1.54) is 0 Å². The summed E-state index contributed by atoms with van der Waals surface area (Å²) >= 11 is 3.33. The average Bonchev–Trinajstić information content (AvgIpc) is 2.33. The minimum atomic E-state index is -1.05. The maximum absolute atomic E-state index is 11.7. The molecule has 5 nitrogen and oxygen atoms in total. The molecular formula is C14H16BrNO4. The Labute approximate surface area is 125 Å². The minimum Gasteiger partial charge on any atom is -0.493 e. The average molecular weight is 342 g/mol. The van der Waals surface area contributed by atoms with Crippen molar-refractivity contribution in [2.45, 2.75) is 31.2 Å². The molecule has 1 amide bonds. The van der Waals surface area contributed by atoms with Gasteiger partial charge in [-0.2, -0.15) is 0 Å². The summed E-state index contributed by atoms with van der Waals surface area (Å²) in [5, 5.41) is 11.7. The molecule has 0 aliphatic heterocycles. The van der Waals surface area contributed by atoms with Crippen molar-refractivity contribution in [3.05, 3.63) is 28.7 Å². The molecule has 108 valence electrons. The van der Waals surface area contributed by atoms with Crippen LogP contribution in [0.5, 0.6) is 5.75 Å². The van der Waals surface area contributed by atoms with Gasteiger partial charge >= 0.3 is 5.97 Å². The molecule has 0 unspecified atom stereocenters. The molecule has 1 saturated carbocycles. The van der Waals surface area contributed by atoms with E-state index in [2.05, 4.69) is 21.2 Å². The summed E-state index contributed by atoms with van der Waals surface area (Å²) in [5.74, 6) is -0.573. The monoisotopic (exact) mass is 341 g/mol. The van der Waals surface area contributed by atoms with Crippen LogP contribution in [0.15, 0.2) is 28.7 Å². The van der Waals surface area contributed by atoms with Crippen molar-refractivity contribution in [1.82, 2.24) is 5.32 Å². The van der Waals surface area contributed by atoms with Gasteiger partial charge in [0.1, 0.15) is 11.3 Å². The lowest BCUT2D eigenvalue weighted by Crippen LogP contribution is -2.59. The summed E-state index contributed by atoms with van der Waals surface area (Å²) in [6.45, 7) is 0.220. The molecule has 1 aliphatic rings. The second-order valence-corrected chi connectivity index (χ2v) is 5.76. The van der Waals surface area contributed by atoms with E-state index in [1.54, 1.807) is 6.07 Å². The van der Waals surface area contributed by atoms with E-state index in [0.29, 0.717) is 18.6 Å². The van der Waals surface area contributed by atoms with Crippen molar-refractivity contribution < 1.29 is 19.4 Å². The largest absolute Gasteiger partial charge is 0.493 e. The Morgan fingerprint density at radius 1 is 1.40 bits per heavy atom. The number of nitrogens with one attached hydrogen (secondary N) is 1. The van der Waals surface area contributed by atoms with Gasteiger partial charge in [0, 0.05) is 4.47 Å². The number of carboxylic acid groups (broad SMARTS) is 1. The molecule has 6 heteroatoms. The maximum Gasteiger partial charge on any atom is 0.329 e. The van der Waals surface area contributed by atoms with Gasteiger partial charge in [0.2, 0.25) is 5.91 Å². The molecule has 0 heterocycles. The van der Waals surface area contributed by atoms with Gasteiger partial charge in [-0.25, -0.2) is 4.79 Å². The number of carbonyl (C=O) groups excluding carboxylic acids is 1. The molecule has 0 aromatic heterocycles. The molecule has 2 rings (SSSR count). The number of aliphatic carboxylic acids is 1. The smallest absolute Gasteiger partial charge is 0.329 e. The minimum absolute atomic E-state index is 0.140. The Balaban J connectivity index is 1.77. The number of carbonyl (C=O) groups is 2. The van der Waals surface area contributed by atoms with Gasteiger partial charge in [0.15, 0.2) is 0 Å². The SMILES string of the molecule is O=C(CCOc1cccc(Br)c1)NC1(C(=O)O)CCC1. The highest BCUT2D eigenvalue weighted by Crippen LogP contribution is 2.32. The van der Waals surface area contributed by atoms with Crippen LogP contribution >= 0.6 is 15.9 Å². The fourth-order valence-corrected chi connectivity index (χ4v) is 2.45. The molecule has 2 N–H and O–H groups in total. The molecule has 0 atom stereocenters. The van der Waals surface area contributed by atoms with Gasteiger partial charge in [0.05, 0.1) is 13.0 Å². The molecule has 20 heavy (non-hydrogen) atoms. The standard InChI is InChI=1S/C14H16BrNO4/c15-10-3-1-4-11(9-10)20-8-5-12(17)16-14(13(18)19)6-2-7-14/h1,3-4,9H,2,5-8H2,(H,16,17)(H,18,19). The Kier molecular flexibility index (Phi) is 4.65. The lowest BCUT2D eigenvalue weighted by molar-refractivity contribution is -0.151. The molecular weight excluding hydrogens is 326 g/mol. The molecule has 0 bridgehead atoms. The number of carboxylic acids is 1. The zero-order chi connectivity index (χ0) is 14.6. The number of ether oxygens (including phenoxy) is 1. The molecule has 1 fully saturated rings. The summed E-state index contributed by atoms with van der Waals surface area (Å²) in [5.41, 5.74) is -1.05. The molecule has 1 aromatic carbocycles. The summed E-state index contributed by atoms with van der Waals surface area (Å²) in [4.78, 5) is 22.9. The van der Waals surface area contributed by atoms with Crippen molar-refractivity contribution in [3.63, 3.8) is 0 Å². The van der Waals surface area contributed by atoms with Crippen LogP contribution in [-0.2, 0) is 9.59 Å². The Hall–Kier alpha value is -1.56. The zero-order valence-corrected chi connectivity index (χ0v) is 12.5. The van der Waals surface area contributed by atoms with Crippen molar-refractivity contribution in [1.29, 1.82) is 0 Å². The van der Waals surface area contributed by atoms with Gasteiger partial charge in [-0.15, -0.1) is 0 Å². The van der Waals surface area contributed by atoms with E-state index >= 15 is 0 Å². The maximum atomic E-state index is 11.7. The van der Waals surface area contributed by atoms with E-state index < -0.39 is 11.5 Å². The third-order valence-electron chi connectivity index (χ3n) is 3.39. The summed E-state index contributed by atoms with van der Waals surface area (Å²) in [7, 11) is 0. The van der Waals surface area contributed by atoms with Crippen molar-refractivity contribution >= 4 is 27.8 Å². The molecule has 1 aromatic rings. The van der Waals surface area contributed by atoms with Gasteiger partial charge in [-0.3, -0.25) is 4.79 Å². The molecule has 0 radical (unpaired) electrons. The fraction of sp³-hybridized carbons (Fsp3) is 0.429. The van der Waals surface area contributed by atoms with Crippen molar-refractivity contribution in [2.24, 2.45) is 0 Å².